The van der Waals surface area contributed by atoms with E-state index in [4.69, 9.17) is 0 Å². The molecule has 0 bridgehead atoms. The molecule has 200 valence electrons. The van der Waals surface area contributed by atoms with Crippen molar-refractivity contribution in [3.63, 3.8) is 0 Å². The third kappa shape index (κ3) is 3.13. The minimum atomic E-state index is 0.235. The molecule has 0 amide bonds. The van der Waals surface area contributed by atoms with Gasteiger partial charge in [0.2, 0.25) is 0 Å². The summed E-state index contributed by atoms with van der Waals surface area (Å²) in [6, 6.07) is 53.7. The molecule has 0 saturated carbocycles. The first-order valence-corrected chi connectivity index (χ1v) is 16.4. The second-order valence-electron chi connectivity index (χ2n) is 11.3. The Bertz CT molecular complexity index is 2720. The van der Waals surface area contributed by atoms with Gasteiger partial charge in [-0.05, 0) is 0 Å². The van der Waals surface area contributed by atoms with E-state index < -0.39 is 0 Å². The Hall–Kier alpha value is -5.08. The molecule has 2 nitrogen and oxygen atoms in total. The molecule has 3 heterocycles. The van der Waals surface area contributed by atoms with Gasteiger partial charge in [0, 0.05) is 0 Å². The van der Waals surface area contributed by atoms with Gasteiger partial charge in [-0.3, -0.25) is 0 Å². The van der Waals surface area contributed by atoms with Crippen LogP contribution in [0.1, 0.15) is 0 Å². The van der Waals surface area contributed by atoms with Gasteiger partial charge in [-0.15, -0.1) is 0 Å². The summed E-state index contributed by atoms with van der Waals surface area (Å²) < 4.78 is 7.98. The predicted octanol–water partition coefficient (Wildman–Crippen LogP) is 10.4. The molecule has 7 aromatic carbocycles. The fourth-order valence-electron chi connectivity index (χ4n) is 7.32. The Morgan fingerprint density at radius 3 is 1.72 bits per heavy atom. The second kappa shape index (κ2) is 8.72. The summed E-state index contributed by atoms with van der Waals surface area (Å²) in [6.45, 7) is 0. The summed E-state index contributed by atoms with van der Waals surface area (Å²) in [5, 5.41) is 10.5. The van der Waals surface area contributed by atoms with Gasteiger partial charge in [0.15, 0.2) is 0 Å². The molecule has 0 aliphatic carbocycles. The van der Waals surface area contributed by atoms with Crippen LogP contribution in [0.15, 0.2) is 146 Å². The van der Waals surface area contributed by atoms with Crippen molar-refractivity contribution in [3.05, 3.63) is 146 Å². The molecule has 0 aliphatic rings. The average molecular weight is 612 g/mol. The number of benzene rings is 7. The zero-order valence-corrected chi connectivity index (χ0v) is 24.9. The molecule has 0 aliphatic heterocycles. The van der Waals surface area contributed by atoms with E-state index in [1.54, 1.807) is 0 Å². The SMILES string of the molecule is c1ccc(-n2c3ccccc3c3ccc4ccc5c6ccccc6n(-c6cccc7c6[se]c6ccccc67)c5c4c32)cc1. The molecule has 43 heavy (non-hydrogen) atoms. The van der Waals surface area contributed by atoms with Crippen LogP contribution in [-0.2, 0) is 0 Å². The molecular formula is C40H24N2Se. The molecule has 0 saturated heterocycles. The van der Waals surface area contributed by atoms with Gasteiger partial charge in [-0.2, -0.15) is 0 Å². The summed E-state index contributed by atoms with van der Waals surface area (Å²) in [6.07, 6.45) is 0. The average Bonchev–Trinajstić information content (AvgIpc) is 3.73. The van der Waals surface area contributed by atoms with Crippen LogP contribution in [0, 0.1) is 0 Å². The topological polar surface area (TPSA) is 9.86 Å². The summed E-state index contributed by atoms with van der Waals surface area (Å²) >= 11 is 0.235. The van der Waals surface area contributed by atoms with E-state index in [0.29, 0.717) is 0 Å². The fourth-order valence-corrected chi connectivity index (χ4v) is 9.85. The van der Waals surface area contributed by atoms with E-state index in [1.165, 1.54) is 85.1 Å². The molecule has 0 radical (unpaired) electrons. The van der Waals surface area contributed by atoms with E-state index in [9.17, 15) is 0 Å². The van der Waals surface area contributed by atoms with Crippen LogP contribution in [0.5, 0.6) is 0 Å². The van der Waals surface area contributed by atoms with Gasteiger partial charge in [0.05, 0.1) is 0 Å². The second-order valence-corrected chi connectivity index (χ2v) is 13.5. The van der Waals surface area contributed by atoms with Crippen LogP contribution in [0.3, 0.4) is 0 Å². The summed E-state index contributed by atoms with van der Waals surface area (Å²) in [7, 11) is 0. The number of nitrogens with zero attached hydrogens (tertiary/aromatic N) is 2. The van der Waals surface area contributed by atoms with Crippen LogP contribution >= 0.6 is 0 Å². The Morgan fingerprint density at radius 1 is 0.395 bits per heavy atom. The first-order chi connectivity index (χ1) is 21.4. The zero-order valence-electron chi connectivity index (χ0n) is 23.2. The Kier molecular flexibility index (Phi) is 4.76. The number of para-hydroxylation sites is 3. The molecule has 3 aromatic heterocycles. The summed E-state index contributed by atoms with van der Waals surface area (Å²) in [5.41, 5.74) is 7.51. The van der Waals surface area contributed by atoms with Crippen molar-refractivity contribution in [1.82, 2.24) is 9.13 Å². The molecule has 0 fully saturated rings. The van der Waals surface area contributed by atoms with E-state index in [2.05, 4.69) is 155 Å². The van der Waals surface area contributed by atoms with Gasteiger partial charge >= 0.3 is 254 Å². The Morgan fingerprint density at radius 2 is 0.977 bits per heavy atom. The van der Waals surface area contributed by atoms with Crippen molar-refractivity contribution in [3.8, 4) is 11.4 Å². The molecule has 0 N–H and O–H groups in total. The molecular weight excluding hydrogens is 587 g/mol. The Labute approximate surface area is 253 Å². The molecule has 0 unspecified atom stereocenters. The van der Waals surface area contributed by atoms with Gasteiger partial charge in [-0.1, -0.05) is 0 Å². The van der Waals surface area contributed by atoms with Crippen LogP contribution in [-0.4, -0.2) is 23.6 Å². The first-order valence-electron chi connectivity index (χ1n) is 14.7. The fraction of sp³-hybridized carbons (Fsp3) is 0. The summed E-state index contributed by atoms with van der Waals surface area (Å²) in [4.78, 5) is 0. The predicted molar refractivity (Wildman–Crippen MR) is 185 cm³/mol. The molecule has 10 aromatic rings. The standard InChI is InChI=1S/C40H24N2Se/c1-2-11-26(12-3-1)41-33-17-7-4-13-27(33)30-23-21-25-22-24-31-28-14-5-8-18-34(28)42(39(31)37(25)38(30)41)35-19-10-16-32-29-15-6-9-20-36(29)43-40(32)35/h1-24H. The zero-order chi connectivity index (χ0) is 28.1. The number of hydrogen-bond acceptors (Lipinski definition) is 0. The Balaban J connectivity index is 1.49. The van der Waals surface area contributed by atoms with E-state index >= 15 is 0 Å². The third-order valence-electron chi connectivity index (χ3n) is 9.09. The van der Waals surface area contributed by atoms with E-state index in [-0.39, 0.29) is 14.5 Å². The van der Waals surface area contributed by atoms with Crippen LogP contribution in [0.25, 0.3) is 85.1 Å². The van der Waals surface area contributed by atoms with Crippen molar-refractivity contribution in [1.29, 1.82) is 0 Å². The minimum absolute atomic E-state index is 0.235. The molecule has 10 rings (SSSR count). The first kappa shape index (κ1) is 23.5. The van der Waals surface area contributed by atoms with Crippen molar-refractivity contribution in [2.45, 2.75) is 0 Å². The van der Waals surface area contributed by atoms with Crippen molar-refractivity contribution in [2.75, 3.05) is 0 Å². The third-order valence-corrected chi connectivity index (χ3v) is 11.6. The number of rotatable bonds is 2. The van der Waals surface area contributed by atoms with Crippen LogP contribution in [0.4, 0.5) is 0 Å². The monoisotopic (exact) mass is 612 g/mol. The van der Waals surface area contributed by atoms with Crippen LogP contribution in [0.2, 0.25) is 0 Å². The number of aromatic nitrogens is 2. The maximum atomic E-state index is 2.58. The molecule has 0 atom stereocenters. The van der Waals surface area contributed by atoms with Crippen LogP contribution < -0.4 is 0 Å². The van der Waals surface area contributed by atoms with Crippen molar-refractivity contribution < 1.29 is 0 Å². The van der Waals surface area contributed by atoms with Gasteiger partial charge < -0.3 is 0 Å². The van der Waals surface area contributed by atoms with Gasteiger partial charge in [-0.25, -0.2) is 0 Å². The van der Waals surface area contributed by atoms with E-state index in [0.717, 1.165) is 0 Å². The number of hydrogen-bond donors (Lipinski definition) is 0. The molecule has 3 heteroatoms. The normalized spacial score (nSPS) is 12.2. The quantitative estimate of drug-likeness (QED) is 0.172. The van der Waals surface area contributed by atoms with Gasteiger partial charge in [0.1, 0.15) is 0 Å². The van der Waals surface area contributed by atoms with Gasteiger partial charge in [0.25, 0.3) is 0 Å². The maximum absolute atomic E-state index is 2.58. The van der Waals surface area contributed by atoms with Crippen molar-refractivity contribution >= 4 is 88.2 Å². The molecule has 0 spiro atoms. The summed E-state index contributed by atoms with van der Waals surface area (Å²) in [5.74, 6) is 0. The van der Waals surface area contributed by atoms with Crippen molar-refractivity contribution in [2.24, 2.45) is 0 Å². The van der Waals surface area contributed by atoms with E-state index in [1.807, 2.05) is 0 Å². The number of fused-ring (bicyclic) bond motifs is 12.